The van der Waals surface area contributed by atoms with Gasteiger partial charge in [0.2, 0.25) is 11.8 Å². The third-order valence-electron chi connectivity index (χ3n) is 3.37. The SMILES string of the molecule is Cc1ccc(N[C@@H](C(C)C)N2C(=O)CCC2=O)cc1. The number of carbonyl (C=O) groups is 2. The molecule has 2 rings (SSSR count). The molecule has 1 heterocycles. The number of rotatable bonds is 4. The molecule has 102 valence electrons. The molecule has 0 saturated carbocycles. The third-order valence-corrected chi connectivity index (χ3v) is 3.37. The van der Waals surface area contributed by atoms with Gasteiger partial charge in [0.05, 0.1) is 0 Å². The van der Waals surface area contributed by atoms with E-state index in [0.29, 0.717) is 12.8 Å². The topological polar surface area (TPSA) is 49.4 Å². The van der Waals surface area contributed by atoms with Crippen LogP contribution in [-0.2, 0) is 9.59 Å². The first kappa shape index (κ1) is 13.6. The van der Waals surface area contributed by atoms with Crippen molar-refractivity contribution in [1.82, 2.24) is 4.90 Å². The molecule has 0 spiro atoms. The first-order chi connectivity index (χ1) is 8.99. The Labute approximate surface area is 113 Å². The maximum atomic E-state index is 11.8. The number of likely N-dealkylation sites (tertiary alicyclic amines) is 1. The van der Waals surface area contributed by atoms with Gasteiger partial charge in [-0.25, -0.2) is 0 Å². The van der Waals surface area contributed by atoms with Crippen LogP contribution in [0.25, 0.3) is 0 Å². The van der Waals surface area contributed by atoms with E-state index < -0.39 is 0 Å². The second-order valence-corrected chi connectivity index (χ2v) is 5.36. The summed E-state index contributed by atoms with van der Waals surface area (Å²) in [7, 11) is 0. The summed E-state index contributed by atoms with van der Waals surface area (Å²) in [6.45, 7) is 6.03. The molecule has 19 heavy (non-hydrogen) atoms. The zero-order chi connectivity index (χ0) is 14.0. The fourth-order valence-electron chi connectivity index (χ4n) is 2.25. The highest BCUT2D eigenvalue weighted by atomic mass is 16.2. The van der Waals surface area contributed by atoms with Crippen LogP contribution in [0.2, 0.25) is 0 Å². The Morgan fingerprint density at radius 1 is 1.05 bits per heavy atom. The van der Waals surface area contributed by atoms with Crippen molar-refractivity contribution in [2.45, 2.75) is 39.8 Å². The predicted molar refractivity (Wildman–Crippen MR) is 74.5 cm³/mol. The number of hydrogen-bond donors (Lipinski definition) is 1. The van der Waals surface area contributed by atoms with E-state index >= 15 is 0 Å². The standard InChI is InChI=1S/C15H20N2O2/c1-10(2)15(17-13(18)8-9-14(17)19)16-12-6-4-11(3)5-7-12/h4-7,10,15-16H,8-9H2,1-3H3/t15-/m1/s1. The maximum absolute atomic E-state index is 11.8. The quantitative estimate of drug-likeness (QED) is 0.846. The van der Waals surface area contributed by atoms with E-state index in [2.05, 4.69) is 5.32 Å². The van der Waals surface area contributed by atoms with Gasteiger partial charge in [0.1, 0.15) is 6.17 Å². The molecule has 1 saturated heterocycles. The van der Waals surface area contributed by atoms with Crippen molar-refractivity contribution in [3.63, 3.8) is 0 Å². The van der Waals surface area contributed by atoms with Gasteiger partial charge < -0.3 is 5.32 Å². The van der Waals surface area contributed by atoms with Crippen molar-refractivity contribution >= 4 is 17.5 Å². The predicted octanol–water partition coefficient (Wildman–Crippen LogP) is 2.54. The molecule has 2 amide bonds. The van der Waals surface area contributed by atoms with Gasteiger partial charge in [-0.2, -0.15) is 0 Å². The molecule has 1 aromatic rings. The summed E-state index contributed by atoms with van der Waals surface area (Å²) in [5.74, 6) is -0.000994. The Kier molecular flexibility index (Phi) is 3.88. The number of benzene rings is 1. The molecular weight excluding hydrogens is 240 g/mol. The van der Waals surface area contributed by atoms with Crippen molar-refractivity contribution in [3.8, 4) is 0 Å². The van der Waals surface area contributed by atoms with Crippen LogP contribution >= 0.6 is 0 Å². The van der Waals surface area contributed by atoms with Gasteiger partial charge in [-0.3, -0.25) is 14.5 Å². The highest BCUT2D eigenvalue weighted by Gasteiger charge is 2.36. The molecular formula is C15H20N2O2. The zero-order valence-corrected chi connectivity index (χ0v) is 11.6. The van der Waals surface area contributed by atoms with Crippen LogP contribution < -0.4 is 5.32 Å². The van der Waals surface area contributed by atoms with Crippen LogP contribution in [0, 0.1) is 12.8 Å². The molecule has 1 aliphatic rings. The van der Waals surface area contributed by atoms with Crippen LogP contribution in [0.15, 0.2) is 24.3 Å². The van der Waals surface area contributed by atoms with Gasteiger partial charge in [-0.1, -0.05) is 31.5 Å². The molecule has 0 unspecified atom stereocenters. The summed E-state index contributed by atoms with van der Waals surface area (Å²) in [4.78, 5) is 25.1. The Bertz CT molecular complexity index is 463. The number of carbonyl (C=O) groups excluding carboxylic acids is 2. The number of aryl methyl sites for hydroxylation is 1. The minimum atomic E-state index is -0.273. The van der Waals surface area contributed by atoms with Crippen molar-refractivity contribution < 1.29 is 9.59 Å². The van der Waals surface area contributed by atoms with E-state index in [-0.39, 0.29) is 23.9 Å². The first-order valence-electron chi connectivity index (χ1n) is 6.67. The van der Waals surface area contributed by atoms with E-state index in [9.17, 15) is 9.59 Å². The monoisotopic (exact) mass is 260 g/mol. The minimum Gasteiger partial charge on any atom is -0.365 e. The van der Waals surface area contributed by atoms with E-state index in [4.69, 9.17) is 0 Å². The molecule has 0 aromatic heterocycles. The van der Waals surface area contributed by atoms with Gasteiger partial charge in [0, 0.05) is 18.5 Å². The molecule has 1 N–H and O–H groups in total. The molecule has 4 nitrogen and oxygen atoms in total. The van der Waals surface area contributed by atoms with Crippen LogP contribution in [0.3, 0.4) is 0 Å². The summed E-state index contributed by atoms with van der Waals surface area (Å²) in [5, 5.41) is 3.29. The number of nitrogens with one attached hydrogen (secondary N) is 1. The van der Waals surface area contributed by atoms with Gasteiger partial charge in [-0.15, -0.1) is 0 Å². The second-order valence-electron chi connectivity index (χ2n) is 5.36. The first-order valence-corrected chi connectivity index (χ1v) is 6.67. The van der Waals surface area contributed by atoms with Gasteiger partial charge in [0.15, 0.2) is 0 Å². The highest BCUT2D eigenvalue weighted by molar-refractivity contribution is 6.02. The van der Waals surface area contributed by atoms with E-state index in [1.807, 2.05) is 45.0 Å². The Balaban J connectivity index is 2.19. The van der Waals surface area contributed by atoms with Gasteiger partial charge in [-0.05, 0) is 25.0 Å². The molecule has 1 atom stereocenters. The summed E-state index contributed by atoms with van der Waals surface area (Å²) in [6, 6.07) is 7.95. The van der Waals surface area contributed by atoms with Crippen molar-refractivity contribution in [3.05, 3.63) is 29.8 Å². The van der Waals surface area contributed by atoms with Crippen molar-refractivity contribution in [2.24, 2.45) is 5.92 Å². The van der Waals surface area contributed by atoms with E-state index in [0.717, 1.165) is 5.69 Å². The summed E-state index contributed by atoms with van der Waals surface area (Å²) in [6.07, 6.45) is 0.389. The van der Waals surface area contributed by atoms with Gasteiger partial charge in [0.25, 0.3) is 0 Å². The summed E-state index contributed by atoms with van der Waals surface area (Å²) < 4.78 is 0. The number of nitrogens with zero attached hydrogens (tertiary/aromatic N) is 1. The fourth-order valence-corrected chi connectivity index (χ4v) is 2.25. The summed E-state index contributed by atoms with van der Waals surface area (Å²) >= 11 is 0. The Hall–Kier alpha value is -1.84. The smallest absolute Gasteiger partial charge is 0.231 e. The molecule has 1 fully saturated rings. The zero-order valence-electron chi connectivity index (χ0n) is 11.6. The van der Waals surface area contributed by atoms with Gasteiger partial charge >= 0.3 is 0 Å². The minimum absolute atomic E-state index is 0.0803. The molecule has 0 aliphatic carbocycles. The highest BCUT2D eigenvalue weighted by Crippen LogP contribution is 2.22. The number of amides is 2. The van der Waals surface area contributed by atoms with Crippen LogP contribution in [0.1, 0.15) is 32.3 Å². The lowest BCUT2D eigenvalue weighted by Gasteiger charge is -2.31. The Morgan fingerprint density at radius 3 is 2.05 bits per heavy atom. The lowest BCUT2D eigenvalue weighted by molar-refractivity contribution is -0.141. The molecule has 0 radical (unpaired) electrons. The molecule has 1 aliphatic heterocycles. The normalized spacial score (nSPS) is 17.2. The van der Waals surface area contributed by atoms with Crippen LogP contribution in [-0.4, -0.2) is 22.9 Å². The lowest BCUT2D eigenvalue weighted by Crippen LogP contribution is -2.47. The molecule has 4 heteroatoms. The average molecular weight is 260 g/mol. The fraction of sp³-hybridized carbons (Fsp3) is 0.467. The Morgan fingerprint density at radius 2 is 1.58 bits per heavy atom. The third kappa shape index (κ3) is 2.95. The summed E-state index contributed by atoms with van der Waals surface area (Å²) in [5.41, 5.74) is 2.11. The maximum Gasteiger partial charge on any atom is 0.231 e. The van der Waals surface area contributed by atoms with Crippen LogP contribution in [0.4, 0.5) is 5.69 Å². The lowest BCUT2D eigenvalue weighted by atomic mass is 10.1. The van der Waals surface area contributed by atoms with Crippen molar-refractivity contribution in [2.75, 3.05) is 5.32 Å². The van der Waals surface area contributed by atoms with E-state index in [1.54, 1.807) is 0 Å². The molecule has 0 bridgehead atoms. The largest absolute Gasteiger partial charge is 0.365 e. The number of hydrogen-bond acceptors (Lipinski definition) is 3. The number of anilines is 1. The van der Waals surface area contributed by atoms with Crippen LogP contribution in [0.5, 0.6) is 0 Å². The van der Waals surface area contributed by atoms with Crippen molar-refractivity contribution in [1.29, 1.82) is 0 Å². The van der Waals surface area contributed by atoms with E-state index in [1.165, 1.54) is 10.5 Å². The second kappa shape index (κ2) is 5.43. The molecule has 1 aromatic carbocycles. The average Bonchev–Trinajstić information content (AvgIpc) is 2.68. The number of imide groups is 1.